The third-order valence-corrected chi connectivity index (χ3v) is 11.2. The van der Waals surface area contributed by atoms with Crippen molar-refractivity contribution in [1.29, 1.82) is 0 Å². The second-order valence-corrected chi connectivity index (χ2v) is 15.9. The highest BCUT2D eigenvalue weighted by atomic mass is 35.5. The van der Waals surface area contributed by atoms with E-state index >= 15 is 0 Å². The summed E-state index contributed by atoms with van der Waals surface area (Å²) in [5, 5.41) is 13.0. The number of H-pyrrole nitrogens is 2. The van der Waals surface area contributed by atoms with E-state index in [4.69, 9.17) is 42.6 Å². The number of imidazole rings is 2. The zero-order chi connectivity index (χ0) is 42.0. The summed E-state index contributed by atoms with van der Waals surface area (Å²) >= 11 is 13.4. The first-order chi connectivity index (χ1) is 27.6. The average molecular weight is 838 g/mol. The first-order valence-electron chi connectivity index (χ1n) is 19.1. The standard InChI is InChI=1S/C40H50Cl2N10O6/c1-21(2)29(45-39(55)57-7)37(53)51-27(17-19-49(51)5)35-43-31(33(41)47-35)25-13-9-23(10-14-25)24-11-15-26(16-12-24)32-34(42)48-36(44-32)28-18-20-50(6)52(28)38(54)30(22(3)4)46-40(56)58-8/h9-16,21-22,27-30H,17-20H2,1-8H3,(H,43,47)(H,44,48)(H,45,55)(H,46,56)/t27-,28-,29-,30-/m0/s1. The summed E-state index contributed by atoms with van der Waals surface area (Å²) < 4.78 is 9.52. The minimum absolute atomic E-state index is 0.181. The summed E-state index contributed by atoms with van der Waals surface area (Å²) in [6, 6.07) is 13.3. The lowest BCUT2D eigenvalue weighted by Gasteiger charge is -2.33. The number of aromatic amines is 2. The smallest absolute Gasteiger partial charge is 0.407 e. The Kier molecular flexibility index (Phi) is 13.0. The van der Waals surface area contributed by atoms with Crippen molar-refractivity contribution in [2.45, 2.75) is 64.7 Å². The molecule has 58 heavy (non-hydrogen) atoms. The van der Waals surface area contributed by atoms with Crippen LogP contribution >= 0.6 is 23.2 Å². The SMILES string of the molecule is COC(=O)N[C@H](C(=O)N1[C@H](c2nc(-c3ccc(-c4ccc(-c5nc([C@@H]6CCN(C)N6C(=O)[C@@H](NC(=O)OC)C(C)C)[nH]c5Cl)cc4)cc3)c(Cl)[nH]2)CCN1C)C(C)C. The highest BCUT2D eigenvalue weighted by Gasteiger charge is 2.42. The molecule has 0 bridgehead atoms. The van der Waals surface area contributed by atoms with Crippen LogP contribution in [0.1, 0.15) is 64.3 Å². The number of hydrogen-bond acceptors (Lipinski definition) is 10. The maximum Gasteiger partial charge on any atom is 0.407 e. The van der Waals surface area contributed by atoms with Crippen LogP contribution in [-0.2, 0) is 19.1 Å². The van der Waals surface area contributed by atoms with Crippen LogP contribution in [0, 0.1) is 11.8 Å². The largest absolute Gasteiger partial charge is 0.453 e. The molecule has 2 saturated heterocycles. The fraction of sp³-hybridized carbons (Fsp3) is 0.450. The molecule has 0 unspecified atom stereocenters. The molecular formula is C40H50Cl2N10O6. The fourth-order valence-corrected chi connectivity index (χ4v) is 7.96. The molecule has 4 aromatic rings. The minimum Gasteiger partial charge on any atom is -0.453 e. The van der Waals surface area contributed by atoms with Crippen molar-refractivity contribution in [3.8, 4) is 33.6 Å². The number of nitrogens with zero attached hydrogens (tertiary/aromatic N) is 6. The van der Waals surface area contributed by atoms with Gasteiger partial charge in [-0.1, -0.05) is 99.4 Å². The van der Waals surface area contributed by atoms with Gasteiger partial charge in [-0.25, -0.2) is 29.6 Å². The average Bonchev–Trinajstić information content (AvgIpc) is 3.99. The zero-order valence-electron chi connectivity index (χ0n) is 33.8. The van der Waals surface area contributed by atoms with E-state index in [1.54, 1.807) is 10.0 Å². The Morgan fingerprint density at radius 2 is 0.966 bits per heavy atom. The number of ether oxygens (including phenoxy) is 2. The number of alkyl carbamates (subject to hydrolysis) is 2. The molecule has 2 aliphatic rings. The third kappa shape index (κ3) is 8.65. The van der Waals surface area contributed by atoms with Crippen LogP contribution in [0.4, 0.5) is 9.59 Å². The van der Waals surface area contributed by atoms with E-state index in [0.717, 1.165) is 22.3 Å². The second-order valence-electron chi connectivity index (χ2n) is 15.2. The molecule has 4 amide bonds. The molecule has 0 saturated carbocycles. The maximum atomic E-state index is 13.8. The van der Waals surface area contributed by atoms with Crippen LogP contribution in [0.5, 0.6) is 0 Å². The van der Waals surface area contributed by atoms with E-state index in [9.17, 15) is 19.2 Å². The first-order valence-corrected chi connectivity index (χ1v) is 19.9. The van der Waals surface area contributed by atoms with Crippen LogP contribution in [0.25, 0.3) is 33.6 Å². The number of carbonyl (C=O) groups is 4. The van der Waals surface area contributed by atoms with Crippen LogP contribution in [-0.4, -0.2) is 117 Å². The lowest BCUT2D eigenvalue weighted by molar-refractivity contribution is -0.150. The number of nitrogens with one attached hydrogen (secondary N) is 4. The number of methoxy groups -OCH3 is 2. The quantitative estimate of drug-likeness (QED) is 0.131. The van der Waals surface area contributed by atoms with Crippen molar-refractivity contribution in [2.24, 2.45) is 11.8 Å². The molecule has 4 atom stereocenters. The first kappa shape index (κ1) is 42.4. The number of halogens is 2. The highest BCUT2D eigenvalue weighted by molar-refractivity contribution is 6.32. The second kappa shape index (κ2) is 17.8. The molecule has 310 valence electrons. The van der Waals surface area contributed by atoms with Crippen LogP contribution < -0.4 is 10.6 Å². The van der Waals surface area contributed by atoms with Gasteiger partial charge in [0, 0.05) is 38.3 Å². The Bertz CT molecular complexity index is 1970. The minimum atomic E-state index is -0.792. The molecule has 16 nitrogen and oxygen atoms in total. The summed E-state index contributed by atoms with van der Waals surface area (Å²) in [7, 11) is 6.18. The van der Waals surface area contributed by atoms with Crippen molar-refractivity contribution in [1.82, 2.24) is 50.6 Å². The number of aromatic nitrogens is 4. The number of hydrazine groups is 2. The van der Waals surface area contributed by atoms with Crippen molar-refractivity contribution < 1.29 is 28.7 Å². The summed E-state index contributed by atoms with van der Waals surface area (Å²) in [6.45, 7) is 8.68. The molecule has 6 rings (SSSR count). The van der Waals surface area contributed by atoms with Gasteiger partial charge in [-0.05, 0) is 35.8 Å². The normalized spacial score (nSPS) is 18.5. The van der Waals surface area contributed by atoms with E-state index in [1.807, 2.05) is 100 Å². The fourth-order valence-electron chi connectivity index (χ4n) is 7.46. The molecule has 4 N–H and O–H groups in total. The number of rotatable bonds is 11. The Morgan fingerprint density at radius 1 is 0.638 bits per heavy atom. The number of amides is 4. The summed E-state index contributed by atoms with van der Waals surface area (Å²) in [5.41, 5.74) is 4.65. The Labute approximate surface area is 347 Å². The van der Waals surface area contributed by atoms with Gasteiger partial charge in [0.1, 0.15) is 57.5 Å². The van der Waals surface area contributed by atoms with Gasteiger partial charge in [0.25, 0.3) is 11.8 Å². The van der Waals surface area contributed by atoms with Crippen LogP contribution in [0.3, 0.4) is 0 Å². The molecule has 2 aromatic carbocycles. The predicted octanol–water partition coefficient (Wildman–Crippen LogP) is 6.44. The molecule has 2 aliphatic heterocycles. The topological polar surface area (TPSA) is 181 Å². The van der Waals surface area contributed by atoms with Gasteiger partial charge in [0.15, 0.2) is 0 Å². The summed E-state index contributed by atoms with van der Waals surface area (Å²) in [5.74, 6) is 0.201. The van der Waals surface area contributed by atoms with E-state index in [0.29, 0.717) is 59.3 Å². The van der Waals surface area contributed by atoms with Gasteiger partial charge in [-0.3, -0.25) is 19.6 Å². The van der Waals surface area contributed by atoms with E-state index in [-0.39, 0.29) is 23.7 Å². The molecule has 0 spiro atoms. The van der Waals surface area contributed by atoms with Crippen molar-refractivity contribution >= 4 is 47.2 Å². The molecule has 0 radical (unpaired) electrons. The maximum absolute atomic E-state index is 13.8. The summed E-state index contributed by atoms with van der Waals surface area (Å²) in [4.78, 5) is 67.7. The Balaban J connectivity index is 1.17. The summed E-state index contributed by atoms with van der Waals surface area (Å²) in [6.07, 6.45) is -0.0973. The molecule has 2 aromatic heterocycles. The lowest BCUT2D eigenvalue weighted by Crippen LogP contribution is -2.54. The van der Waals surface area contributed by atoms with E-state index < -0.39 is 36.4 Å². The van der Waals surface area contributed by atoms with Crippen molar-refractivity contribution in [3.63, 3.8) is 0 Å². The number of hydrogen-bond donors (Lipinski definition) is 4. The van der Waals surface area contributed by atoms with Gasteiger partial charge in [0.2, 0.25) is 0 Å². The van der Waals surface area contributed by atoms with Gasteiger partial charge in [0.05, 0.1) is 14.2 Å². The molecule has 0 aliphatic carbocycles. The van der Waals surface area contributed by atoms with Gasteiger partial charge >= 0.3 is 12.2 Å². The van der Waals surface area contributed by atoms with E-state index in [2.05, 4.69) is 20.6 Å². The molecule has 18 heteroatoms. The Morgan fingerprint density at radius 3 is 1.28 bits per heavy atom. The number of benzene rings is 2. The van der Waals surface area contributed by atoms with Gasteiger partial charge < -0.3 is 30.1 Å². The van der Waals surface area contributed by atoms with Crippen LogP contribution in [0.15, 0.2) is 48.5 Å². The van der Waals surface area contributed by atoms with Gasteiger partial charge in [-0.15, -0.1) is 0 Å². The third-order valence-electron chi connectivity index (χ3n) is 10.7. The monoisotopic (exact) mass is 836 g/mol. The van der Waals surface area contributed by atoms with Gasteiger partial charge in [-0.2, -0.15) is 0 Å². The Hall–Kier alpha value is -5.16. The van der Waals surface area contributed by atoms with Crippen molar-refractivity contribution in [2.75, 3.05) is 41.4 Å². The predicted molar refractivity (Wildman–Crippen MR) is 219 cm³/mol. The van der Waals surface area contributed by atoms with Crippen molar-refractivity contribution in [3.05, 3.63) is 70.5 Å². The molecule has 4 heterocycles. The zero-order valence-corrected chi connectivity index (χ0v) is 35.3. The molecule has 2 fully saturated rings. The molecular weight excluding hydrogens is 787 g/mol. The lowest BCUT2D eigenvalue weighted by atomic mass is 10.0. The number of carbonyl (C=O) groups excluding carboxylic acids is 4. The van der Waals surface area contributed by atoms with Crippen LogP contribution in [0.2, 0.25) is 10.3 Å². The van der Waals surface area contributed by atoms with E-state index in [1.165, 1.54) is 14.2 Å². The highest BCUT2D eigenvalue weighted by Crippen LogP contribution is 2.38.